The van der Waals surface area contributed by atoms with Gasteiger partial charge in [-0.2, -0.15) is 0 Å². The van der Waals surface area contributed by atoms with E-state index in [2.05, 4.69) is 5.32 Å². The van der Waals surface area contributed by atoms with Gasteiger partial charge in [0.2, 0.25) is 5.91 Å². The zero-order chi connectivity index (χ0) is 16.3. The molecule has 1 saturated heterocycles. The van der Waals surface area contributed by atoms with Crippen LogP contribution in [-0.4, -0.2) is 41.0 Å². The molecule has 1 amide bonds. The quantitative estimate of drug-likeness (QED) is 0.880. The summed E-state index contributed by atoms with van der Waals surface area (Å²) < 4.78 is 0. The molecular formula is C15H18Cl2N2O3. The van der Waals surface area contributed by atoms with Gasteiger partial charge in [0.25, 0.3) is 0 Å². The van der Waals surface area contributed by atoms with E-state index in [4.69, 9.17) is 23.2 Å². The molecule has 1 aliphatic heterocycles. The summed E-state index contributed by atoms with van der Waals surface area (Å²) in [5.41, 5.74) is 0.477. The second-order valence-corrected chi connectivity index (χ2v) is 6.20. The van der Waals surface area contributed by atoms with Crippen molar-refractivity contribution in [2.75, 3.05) is 13.1 Å². The lowest BCUT2D eigenvalue weighted by atomic mass is 9.99. The Morgan fingerprint density at radius 3 is 2.77 bits per heavy atom. The summed E-state index contributed by atoms with van der Waals surface area (Å²) in [6, 6.07) is 4.07. The van der Waals surface area contributed by atoms with Crippen LogP contribution >= 0.6 is 23.2 Å². The lowest BCUT2D eigenvalue weighted by Crippen LogP contribution is -2.49. The highest BCUT2D eigenvalue weighted by atomic mass is 35.5. The Labute approximate surface area is 139 Å². The first kappa shape index (κ1) is 17.1. The number of aliphatic carboxylic acids is 1. The standard InChI is InChI=1S/C15H18Cl2N2O3/c1-9(20)18-10-4-3-7-19(8-10)14(15(21)22)11-5-2-6-12(16)13(11)17/h2,5-6,10,14H,3-4,7-8H2,1H3,(H,18,20)(H,21,22). The smallest absolute Gasteiger partial charge is 0.325 e. The number of nitrogens with one attached hydrogen (secondary N) is 1. The highest BCUT2D eigenvalue weighted by Crippen LogP contribution is 2.34. The highest BCUT2D eigenvalue weighted by molar-refractivity contribution is 6.42. The Morgan fingerprint density at radius 1 is 1.41 bits per heavy atom. The predicted octanol–water partition coefficient (Wildman–Crippen LogP) is 2.72. The number of benzene rings is 1. The van der Waals surface area contributed by atoms with Gasteiger partial charge in [0, 0.05) is 25.1 Å². The molecule has 0 saturated carbocycles. The van der Waals surface area contributed by atoms with Gasteiger partial charge in [-0.3, -0.25) is 14.5 Å². The molecule has 2 unspecified atom stereocenters. The summed E-state index contributed by atoms with van der Waals surface area (Å²) in [4.78, 5) is 24.8. The molecule has 1 fully saturated rings. The number of halogens is 2. The third kappa shape index (κ3) is 3.91. The Balaban J connectivity index is 2.26. The average Bonchev–Trinajstić information content (AvgIpc) is 2.43. The summed E-state index contributed by atoms with van der Waals surface area (Å²) in [5, 5.41) is 13.1. The van der Waals surface area contributed by atoms with Crippen molar-refractivity contribution < 1.29 is 14.7 Å². The van der Waals surface area contributed by atoms with E-state index >= 15 is 0 Å². The predicted molar refractivity (Wildman–Crippen MR) is 85.3 cm³/mol. The molecule has 0 aromatic heterocycles. The highest BCUT2D eigenvalue weighted by Gasteiger charge is 2.33. The molecule has 1 aliphatic rings. The van der Waals surface area contributed by atoms with Crippen LogP contribution in [0.1, 0.15) is 31.4 Å². The number of hydrogen-bond acceptors (Lipinski definition) is 3. The Bertz CT molecular complexity index is 580. The van der Waals surface area contributed by atoms with Crippen molar-refractivity contribution in [2.45, 2.75) is 31.8 Å². The van der Waals surface area contributed by atoms with Gasteiger partial charge in [-0.25, -0.2) is 0 Å². The number of nitrogens with zero attached hydrogens (tertiary/aromatic N) is 1. The van der Waals surface area contributed by atoms with Crippen LogP contribution in [0.3, 0.4) is 0 Å². The van der Waals surface area contributed by atoms with Crippen LogP contribution in [-0.2, 0) is 9.59 Å². The zero-order valence-corrected chi connectivity index (χ0v) is 13.7. The first-order valence-corrected chi connectivity index (χ1v) is 7.83. The molecule has 0 aliphatic carbocycles. The molecular weight excluding hydrogens is 327 g/mol. The molecule has 5 nitrogen and oxygen atoms in total. The van der Waals surface area contributed by atoms with E-state index in [-0.39, 0.29) is 17.0 Å². The Kier molecular flexibility index (Phi) is 5.67. The number of amides is 1. The van der Waals surface area contributed by atoms with E-state index in [9.17, 15) is 14.7 Å². The third-order valence-corrected chi connectivity index (χ3v) is 4.57. The van der Waals surface area contributed by atoms with Crippen molar-refractivity contribution in [1.29, 1.82) is 0 Å². The first-order valence-electron chi connectivity index (χ1n) is 7.08. The molecule has 2 rings (SSSR count). The van der Waals surface area contributed by atoms with Crippen LogP contribution in [0.25, 0.3) is 0 Å². The van der Waals surface area contributed by atoms with Gasteiger partial charge in [-0.1, -0.05) is 35.3 Å². The van der Waals surface area contributed by atoms with Crippen molar-refractivity contribution in [3.05, 3.63) is 33.8 Å². The molecule has 22 heavy (non-hydrogen) atoms. The minimum absolute atomic E-state index is 0.0499. The number of carboxylic acids is 1. The van der Waals surface area contributed by atoms with Crippen molar-refractivity contribution in [3.63, 3.8) is 0 Å². The lowest BCUT2D eigenvalue weighted by Gasteiger charge is -2.37. The van der Waals surface area contributed by atoms with Crippen molar-refractivity contribution >= 4 is 35.1 Å². The van der Waals surface area contributed by atoms with Gasteiger partial charge in [-0.05, 0) is 25.5 Å². The van der Waals surface area contributed by atoms with Crippen LogP contribution < -0.4 is 5.32 Å². The molecule has 120 valence electrons. The first-order chi connectivity index (χ1) is 10.4. The number of carbonyl (C=O) groups is 2. The van der Waals surface area contributed by atoms with Gasteiger partial charge in [0.05, 0.1) is 10.0 Å². The number of likely N-dealkylation sites (tertiary alicyclic amines) is 1. The van der Waals surface area contributed by atoms with E-state index < -0.39 is 12.0 Å². The van der Waals surface area contributed by atoms with Crippen LogP contribution in [0.15, 0.2) is 18.2 Å². The van der Waals surface area contributed by atoms with Gasteiger partial charge < -0.3 is 10.4 Å². The van der Waals surface area contributed by atoms with Gasteiger partial charge >= 0.3 is 5.97 Å². The van der Waals surface area contributed by atoms with Crippen molar-refractivity contribution in [2.24, 2.45) is 0 Å². The maximum absolute atomic E-state index is 11.8. The fraction of sp³-hybridized carbons (Fsp3) is 0.467. The summed E-state index contributed by atoms with van der Waals surface area (Å²) in [7, 11) is 0. The number of piperidine rings is 1. The van der Waals surface area contributed by atoms with Gasteiger partial charge in [0.15, 0.2) is 0 Å². The summed E-state index contributed by atoms with van der Waals surface area (Å²) in [5.74, 6) is -1.09. The number of hydrogen-bond donors (Lipinski definition) is 2. The maximum atomic E-state index is 11.8. The average molecular weight is 345 g/mol. The molecule has 2 N–H and O–H groups in total. The molecule has 0 spiro atoms. The normalized spacial score (nSPS) is 20.4. The van der Waals surface area contributed by atoms with Crippen LogP contribution in [0.5, 0.6) is 0 Å². The molecule has 1 heterocycles. The fourth-order valence-corrected chi connectivity index (χ4v) is 3.27. The third-order valence-electron chi connectivity index (χ3n) is 3.74. The molecule has 0 radical (unpaired) electrons. The van der Waals surface area contributed by atoms with Crippen molar-refractivity contribution in [1.82, 2.24) is 10.2 Å². The minimum atomic E-state index is -0.979. The number of carboxylic acid groups (broad SMARTS) is 1. The van der Waals surface area contributed by atoms with Gasteiger partial charge in [-0.15, -0.1) is 0 Å². The van der Waals surface area contributed by atoms with Crippen LogP contribution in [0.4, 0.5) is 0 Å². The fourth-order valence-electron chi connectivity index (χ4n) is 2.86. The Morgan fingerprint density at radius 2 is 2.14 bits per heavy atom. The molecule has 0 bridgehead atoms. The van der Waals surface area contributed by atoms with E-state index in [1.54, 1.807) is 18.2 Å². The largest absolute Gasteiger partial charge is 0.480 e. The topological polar surface area (TPSA) is 69.6 Å². The zero-order valence-electron chi connectivity index (χ0n) is 12.2. The van der Waals surface area contributed by atoms with Crippen LogP contribution in [0, 0.1) is 0 Å². The lowest BCUT2D eigenvalue weighted by molar-refractivity contribution is -0.144. The summed E-state index contributed by atoms with van der Waals surface area (Å²) in [6.45, 7) is 2.57. The maximum Gasteiger partial charge on any atom is 0.325 e. The molecule has 2 atom stereocenters. The monoisotopic (exact) mass is 344 g/mol. The number of rotatable bonds is 4. The second-order valence-electron chi connectivity index (χ2n) is 5.42. The second kappa shape index (κ2) is 7.31. The van der Waals surface area contributed by atoms with E-state index in [1.807, 2.05) is 4.90 Å². The van der Waals surface area contributed by atoms with Gasteiger partial charge in [0.1, 0.15) is 6.04 Å². The van der Waals surface area contributed by atoms with Crippen molar-refractivity contribution in [3.8, 4) is 0 Å². The number of carbonyl (C=O) groups excluding carboxylic acids is 1. The van der Waals surface area contributed by atoms with E-state index in [1.165, 1.54) is 6.92 Å². The van der Waals surface area contributed by atoms with E-state index in [0.717, 1.165) is 12.8 Å². The Hall–Kier alpha value is -1.30. The summed E-state index contributed by atoms with van der Waals surface area (Å²) >= 11 is 12.2. The summed E-state index contributed by atoms with van der Waals surface area (Å²) in [6.07, 6.45) is 1.65. The minimum Gasteiger partial charge on any atom is -0.480 e. The molecule has 1 aromatic rings. The molecule has 7 heteroatoms. The molecule has 1 aromatic carbocycles. The SMILES string of the molecule is CC(=O)NC1CCCN(C(C(=O)O)c2cccc(Cl)c2Cl)C1. The van der Waals surface area contributed by atoms with Crippen LogP contribution in [0.2, 0.25) is 10.0 Å². The van der Waals surface area contributed by atoms with E-state index in [0.29, 0.717) is 23.7 Å².